The first kappa shape index (κ1) is 14.2. The minimum atomic E-state index is -0.377. The van der Waals surface area contributed by atoms with Crippen LogP contribution in [0, 0.1) is 0 Å². The maximum Gasteiger partial charge on any atom is 0.334 e. The quantitative estimate of drug-likeness (QED) is 0.419. The molecule has 1 aliphatic carbocycles. The number of hydrogen-bond donors (Lipinski definition) is 0. The number of rotatable bonds is 5. The molecule has 0 saturated heterocycles. The van der Waals surface area contributed by atoms with Gasteiger partial charge in [0.2, 0.25) is 0 Å². The van der Waals surface area contributed by atoms with Crippen LogP contribution in [0.15, 0.2) is 12.2 Å². The number of esters is 1. The molecule has 0 atom stereocenters. The van der Waals surface area contributed by atoms with Crippen LogP contribution in [0.4, 0.5) is 0 Å². The number of hydrogen-bond acceptors (Lipinski definition) is 3. The Balaban J connectivity index is 2.84. The van der Waals surface area contributed by atoms with Crippen LogP contribution in [-0.4, -0.2) is 29.7 Å². The van der Waals surface area contributed by atoms with Crippen molar-refractivity contribution in [3.8, 4) is 0 Å². The maximum atomic E-state index is 11.8. The lowest BCUT2D eigenvalue weighted by molar-refractivity contribution is -0.189. The Morgan fingerprint density at radius 2 is 1.76 bits per heavy atom. The number of ether oxygens (including phenoxy) is 1. The Labute approximate surface area is 105 Å². The molecule has 0 aromatic rings. The van der Waals surface area contributed by atoms with Crippen LogP contribution in [0.1, 0.15) is 52.9 Å². The van der Waals surface area contributed by atoms with Gasteiger partial charge in [0.05, 0.1) is 0 Å². The van der Waals surface area contributed by atoms with Crippen molar-refractivity contribution in [1.82, 2.24) is 4.90 Å². The minimum absolute atomic E-state index is 0.251. The first-order valence-electron chi connectivity index (χ1n) is 6.69. The Bertz CT molecular complexity index is 276. The van der Waals surface area contributed by atoms with Crippen LogP contribution in [0.3, 0.4) is 0 Å². The largest absolute Gasteiger partial charge is 0.440 e. The molecule has 3 nitrogen and oxygen atoms in total. The fourth-order valence-corrected chi connectivity index (χ4v) is 2.65. The Hall–Kier alpha value is -0.830. The molecule has 3 heteroatoms. The third-order valence-electron chi connectivity index (χ3n) is 3.61. The third kappa shape index (κ3) is 3.32. The smallest absolute Gasteiger partial charge is 0.334 e. The highest BCUT2D eigenvalue weighted by Gasteiger charge is 2.40. The lowest BCUT2D eigenvalue weighted by Gasteiger charge is -2.44. The summed E-state index contributed by atoms with van der Waals surface area (Å²) in [5, 5.41) is 0. The molecule has 1 saturated carbocycles. The van der Waals surface area contributed by atoms with E-state index < -0.39 is 0 Å². The highest BCUT2D eigenvalue weighted by atomic mass is 16.6. The Morgan fingerprint density at radius 3 is 2.18 bits per heavy atom. The number of carbonyl (C=O) groups is 1. The molecule has 0 amide bonds. The van der Waals surface area contributed by atoms with E-state index in [1.165, 1.54) is 6.42 Å². The zero-order valence-electron chi connectivity index (χ0n) is 11.4. The maximum absolute atomic E-state index is 11.8. The van der Waals surface area contributed by atoms with Crippen molar-refractivity contribution < 1.29 is 9.53 Å². The fourth-order valence-electron chi connectivity index (χ4n) is 2.65. The summed E-state index contributed by atoms with van der Waals surface area (Å²) < 4.78 is 5.77. The molecule has 0 spiro atoms. The Kier molecular flexibility index (Phi) is 5.19. The molecule has 0 bridgehead atoms. The first-order valence-corrected chi connectivity index (χ1v) is 6.69. The van der Waals surface area contributed by atoms with Gasteiger partial charge in [0.15, 0.2) is 5.72 Å². The van der Waals surface area contributed by atoms with Gasteiger partial charge in [-0.1, -0.05) is 26.8 Å². The molecular formula is C14H25NO2. The third-order valence-corrected chi connectivity index (χ3v) is 3.61. The molecule has 1 aliphatic rings. The van der Waals surface area contributed by atoms with E-state index in [-0.39, 0.29) is 11.7 Å². The van der Waals surface area contributed by atoms with Crippen molar-refractivity contribution in [3.63, 3.8) is 0 Å². The molecule has 0 aromatic heterocycles. The summed E-state index contributed by atoms with van der Waals surface area (Å²) in [7, 11) is 0. The predicted octanol–water partition coefficient (Wildman–Crippen LogP) is 3.11. The van der Waals surface area contributed by atoms with Gasteiger partial charge in [-0.3, -0.25) is 4.90 Å². The predicted molar refractivity (Wildman–Crippen MR) is 69.6 cm³/mol. The molecule has 0 N–H and O–H groups in total. The summed E-state index contributed by atoms with van der Waals surface area (Å²) in [6.07, 6.45) is 5.43. The van der Waals surface area contributed by atoms with Crippen LogP contribution in [0.2, 0.25) is 0 Å². The highest BCUT2D eigenvalue weighted by Crippen LogP contribution is 2.35. The molecule has 98 valence electrons. The average molecular weight is 239 g/mol. The van der Waals surface area contributed by atoms with Crippen LogP contribution >= 0.6 is 0 Å². The van der Waals surface area contributed by atoms with Gasteiger partial charge in [0, 0.05) is 18.4 Å². The van der Waals surface area contributed by atoms with E-state index in [9.17, 15) is 4.79 Å². The molecule has 0 unspecified atom stereocenters. The second-order valence-electron chi connectivity index (χ2n) is 4.85. The molecule has 0 aromatic carbocycles. The van der Waals surface area contributed by atoms with Gasteiger partial charge in [-0.25, -0.2) is 4.79 Å². The summed E-state index contributed by atoms with van der Waals surface area (Å²) in [5.41, 5.74) is 0.111. The normalized spacial score (nSPS) is 19.1. The molecule has 0 aliphatic heterocycles. The first-order chi connectivity index (χ1) is 8.05. The van der Waals surface area contributed by atoms with Crippen molar-refractivity contribution in [2.24, 2.45) is 0 Å². The van der Waals surface area contributed by atoms with Gasteiger partial charge in [0.25, 0.3) is 0 Å². The van der Waals surface area contributed by atoms with E-state index in [1.807, 2.05) is 0 Å². The SMILES string of the molecule is C=C(C)C(=O)OC1(N(CC)CC)CCCCC1. The van der Waals surface area contributed by atoms with Crippen LogP contribution < -0.4 is 0 Å². The fraction of sp³-hybridized carbons (Fsp3) is 0.786. The van der Waals surface area contributed by atoms with Crippen molar-refractivity contribution in [3.05, 3.63) is 12.2 Å². The van der Waals surface area contributed by atoms with E-state index in [2.05, 4.69) is 25.3 Å². The van der Waals surface area contributed by atoms with E-state index in [4.69, 9.17) is 4.74 Å². The van der Waals surface area contributed by atoms with E-state index in [0.29, 0.717) is 5.57 Å². The molecule has 0 radical (unpaired) electrons. The molecule has 1 rings (SSSR count). The average Bonchev–Trinajstić information content (AvgIpc) is 2.31. The lowest BCUT2D eigenvalue weighted by atomic mass is 9.90. The standard InChI is InChI=1S/C14H25NO2/c1-5-15(6-2)14(10-8-7-9-11-14)17-13(16)12(3)4/h3,5-11H2,1-2,4H3. The van der Waals surface area contributed by atoms with E-state index in [0.717, 1.165) is 38.8 Å². The lowest BCUT2D eigenvalue weighted by Crippen LogP contribution is -2.53. The van der Waals surface area contributed by atoms with E-state index in [1.54, 1.807) is 6.92 Å². The monoisotopic (exact) mass is 239 g/mol. The van der Waals surface area contributed by atoms with Crippen LogP contribution in [0.25, 0.3) is 0 Å². The van der Waals surface area contributed by atoms with Gasteiger partial charge < -0.3 is 4.74 Å². The van der Waals surface area contributed by atoms with Crippen molar-refractivity contribution >= 4 is 5.97 Å². The molecular weight excluding hydrogens is 214 g/mol. The highest BCUT2D eigenvalue weighted by molar-refractivity contribution is 5.87. The number of carbonyl (C=O) groups excluding carboxylic acids is 1. The zero-order chi connectivity index (χ0) is 12.9. The summed E-state index contributed by atoms with van der Waals surface area (Å²) in [5.74, 6) is -0.251. The van der Waals surface area contributed by atoms with E-state index >= 15 is 0 Å². The zero-order valence-corrected chi connectivity index (χ0v) is 11.4. The van der Waals surface area contributed by atoms with Gasteiger partial charge in [-0.2, -0.15) is 0 Å². The summed E-state index contributed by atoms with van der Waals surface area (Å²) in [6, 6.07) is 0. The molecule has 1 fully saturated rings. The molecule has 17 heavy (non-hydrogen) atoms. The van der Waals surface area contributed by atoms with Crippen LogP contribution in [0.5, 0.6) is 0 Å². The minimum Gasteiger partial charge on any atom is -0.440 e. The Morgan fingerprint density at radius 1 is 1.24 bits per heavy atom. The summed E-state index contributed by atoms with van der Waals surface area (Å²) in [6.45, 7) is 11.5. The van der Waals surface area contributed by atoms with Crippen molar-refractivity contribution in [2.45, 2.75) is 58.6 Å². The summed E-state index contributed by atoms with van der Waals surface area (Å²) >= 11 is 0. The number of nitrogens with zero attached hydrogens (tertiary/aromatic N) is 1. The van der Waals surface area contributed by atoms with Crippen LogP contribution in [-0.2, 0) is 9.53 Å². The molecule has 0 heterocycles. The second-order valence-corrected chi connectivity index (χ2v) is 4.85. The van der Waals surface area contributed by atoms with Gasteiger partial charge >= 0.3 is 5.97 Å². The van der Waals surface area contributed by atoms with Gasteiger partial charge in [-0.15, -0.1) is 0 Å². The van der Waals surface area contributed by atoms with Crippen molar-refractivity contribution in [2.75, 3.05) is 13.1 Å². The van der Waals surface area contributed by atoms with Crippen molar-refractivity contribution in [1.29, 1.82) is 0 Å². The second kappa shape index (κ2) is 6.20. The van der Waals surface area contributed by atoms with Gasteiger partial charge in [0.1, 0.15) is 0 Å². The topological polar surface area (TPSA) is 29.5 Å². The summed E-state index contributed by atoms with van der Waals surface area (Å²) in [4.78, 5) is 14.1. The van der Waals surface area contributed by atoms with Gasteiger partial charge in [-0.05, 0) is 32.9 Å².